The Morgan fingerprint density at radius 3 is 2.79 bits per heavy atom. The summed E-state index contributed by atoms with van der Waals surface area (Å²) >= 11 is 6.18. The van der Waals surface area contributed by atoms with E-state index < -0.39 is 0 Å². The lowest BCUT2D eigenvalue weighted by Gasteiger charge is -2.41. The Balaban J connectivity index is 2.24. The van der Waals surface area contributed by atoms with Gasteiger partial charge in [-0.3, -0.25) is 4.90 Å². The van der Waals surface area contributed by atoms with Crippen LogP contribution in [0, 0.1) is 11.7 Å². The van der Waals surface area contributed by atoms with Gasteiger partial charge < -0.3 is 5.73 Å². The second-order valence-electron chi connectivity index (χ2n) is 5.63. The maximum Gasteiger partial charge on any atom is 0.124 e. The van der Waals surface area contributed by atoms with E-state index in [4.69, 9.17) is 17.3 Å². The minimum absolute atomic E-state index is 0.0793. The fourth-order valence-corrected chi connectivity index (χ4v) is 3.39. The van der Waals surface area contributed by atoms with Crippen LogP contribution in [0.3, 0.4) is 0 Å². The summed E-state index contributed by atoms with van der Waals surface area (Å²) in [5.41, 5.74) is 6.88. The number of rotatable bonds is 3. The molecular weight excluding hydrogens is 263 g/mol. The molecule has 106 valence electrons. The molecule has 1 aromatic carbocycles. The summed E-state index contributed by atoms with van der Waals surface area (Å²) in [6.45, 7) is 6.05. The van der Waals surface area contributed by atoms with Gasteiger partial charge in [-0.05, 0) is 49.9 Å². The predicted molar refractivity (Wildman–Crippen MR) is 77.8 cm³/mol. The SMILES string of the molecule is CC1CCN(C(CN)c2ccc(F)cc2Cl)C(C)C1. The third kappa shape index (κ3) is 3.28. The van der Waals surface area contributed by atoms with Crippen LogP contribution in [-0.2, 0) is 0 Å². The van der Waals surface area contributed by atoms with Gasteiger partial charge in [0, 0.05) is 23.7 Å². The second kappa shape index (κ2) is 6.21. The average Bonchev–Trinajstić information content (AvgIpc) is 2.34. The van der Waals surface area contributed by atoms with Crippen molar-refractivity contribution in [1.29, 1.82) is 0 Å². The molecular formula is C15H22ClFN2. The first-order chi connectivity index (χ1) is 9.02. The Labute approximate surface area is 119 Å². The number of nitrogens with two attached hydrogens (primary N) is 1. The topological polar surface area (TPSA) is 29.3 Å². The lowest BCUT2D eigenvalue weighted by Crippen LogP contribution is -2.45. The van der Waals surface area contributed by atoms with Gasteiger partial charge in [0.05, 0.1) is 0 Å². The normalized spacial score (nSPS) is 26.4. The van der Waals surface area contributed by atoms with Crippen molar-refractivity contribution >= 4 is 11.6 Å². The number of nitrogens with zero attached hydrogens (tertiary/aromatic N) is 1. The molecule has 0 bridgehead atoms. The minimum atomic E-state index is -0.301. The number of likely N-dealkylation sites (tertiary alicyclic amines) is 1. The summed E-state index contributed by atoms with van der Waals surface area (Å²) in [6.07, 6.45) is 2.36. The fourth-order valence-electron chi connectivity index (χ4n) is 3.10. The van der Waals surface area contributed by atoms with Crippen LogP contribution < -0.4 is 5.73 Å². The summed E-state index contributed by atoms with van der Waals surface area (Å²) < 4.78 is 13.2. The molecule has 1 aromatic rings. The Kier molecular flexibility index (Phi) is 4.82. The maximum atomic E-state index is 13.2. The van der Waals surface area contributed by atoms with Crippen molar-refractivity contribution in [2.45, 2.75) is 38.8 Å². The van der Waals surface area contributed by atoms with Crippen molar-refractivity contribution in [3.8, 4) is 0 Å². The summed E-state index contributed by atoms with van der Waals surface area (Å²) in [4.78, 5) is 2.40. The Morgan fingerprint density at radius 2 is 2.21 bits per heavy atom. The largest absolute Gasteiger partial charge is 0.329 e. The van der Waals surface area contributed by atoms with E-state index >= 15 is 0 Å². The van der Waals surface area contributed by atoms with Crippen LogP contribution in [0.15, 0.2) is 18.2 Å². The molecule has 1 aliphatic heterocycles. The predicted octanol–water partition coefficient (Wildman–Crippen LogP) is 3.60. The molecule has 0 aliphatic carbocycles. The minimum Gasteiger partial charge on any atom is -0.329 e. The van der Waals surface area contributed by atoms with Gasteiger partial charge in [-0.15, -0.1) is 0 Å². The van der Waals surface area contributed by atoms with Crippen molar-refractivity contribution in [3.63, 3.8) is 0 Å². The van der Waals surface area contributed by atoms with Gasteiger partial charge in [0.15, 0.2) is 0 Å². The van der Waals surface area contributed by atoms with Crippen LogP contribution in [0.2, 0.25) is 5.02 Å². The van der Waals surface area contributed by atoms with E-state index in [9.17, 15) is 4.39 Å². The highest BCUT2D eigenvalue weighted by Crippen LogP contribution is 2.33. The van der Waals surface area contributed by atoms with Gasteiger partial charge in [0.1, 0.15) is 5.82 Å². The summed E-state index contributed by atoms with van der Waals surface area (Å²) in [5, 5.41) is 0.473. The Bertz CT molecular complexity index is 438. The Hall–Kier alpha value is -0.640. The van der Waals surface area contributed by atoms with Crippen molar-refractivity contribution in [2.24, 2.45) is 11.7 Å². The van der Waals surface area contributed by atoms with E-state index in [0.29, 0.717) is 17.6 Å². The zero-order valence-electron chi connectivity index (χ0n) is 11.6. The van der Waals surface area contributed by atoms with Crippen molar-refractivity contribution < 1.29 is 4.39 Å². The molecule has 1 saturated heterocycles. The number of piperidine rings is 1. The molecule has 0 spiro atoms. The van der Waals surface area contributed by atoms with E-state index in [2.05, 4.69) is 18.7 Å². The molecule has 0 radical (unpaired) electrons. The monoisotopic (exact) mass is 284 g/mol. The van der Waals surface area contributed by atoms with Gasteiger partial charge in [-0.2, -0.15) is 0 Å². The molecule has 4 heteroatoms. The van der Waals surface area contributed by atoms with E-state index in [0.717, 1.165) is 18.0 Å². The third-order valence-corrected chi connectivity index (χ3v) is 4.46. The highest BCUT2D eigenvalue weighted by atomic mass is 35.5. The fraction of sp³-hybridized carbons (Fsp3) is 0.600. The quantitative estimate of drug-likeness (QED) is 0.919. The van der Waals surface area contributed by atoms with Crippen molar-refractivity contribution in [2.75, 3.05) is 13.1 Å². The van der Waals surface area contributed by atoms with E-state index in [1.54, 1.807) is 6.07 Å². The molecule has 0 saturated carbocycles. The van der Waals surface area contributed by atoms with Gasteiger partial charge in [0.25, 0.3) is 0 Å². The molecule has 0 aromatic heterocycles. The standard InChI is InChI=1S/C15H22ClFN2/c1-10-5-6-19(11(2)7-10)15(9-18)13-4-3-12(17)8-14(13)16/h3-4,8,10-11,15H,5-7,9,18H2,1-2H3. The van der Waals surface area contributed by atoms with Crippen molar-refractivity contribution in [1.82, 2.24) is 4.90 Å². The molecule has 1 fully saturated rings. The van der Waals surface area contributed by atoms with Crippen LogP contribution in [-0.4, -0.2) is 24.0 Å². The molecule has 19 heavy (non-hydrogen) atoms. The van der Waals surface area contributed by atoms with Crippen LogP contribution in [0.25, 0.3) is 0 Å². The first-order valence-corrected chi connectivity index (χ1v) is 7.31. The van der Waals surface area contributed by atoms with Crippen molar-refractivity contribution in [3.05, 3.63) is 34.6 Å². The lowest BCUT2D eigenvalue weighted by atomic mass is 9.90. The van der Waals surface area contributed by atoms with E-state index in [1.165, 1.54) is 25.0 Å². The van der Waals surface area contributed by atoms with Gasteiger partial charge in [-0.25, -0.2) is 4.39 Å². The van der Waals surface area contributed by atoms with Gasteiger partial charge >= 0.3 is 0 Å². The molecule has 3 atom stereocenters. The van der Waals surface area contributed by atoms with Crippen LogP contribution in [0.1, 0.15) is 38.3 Å². The van der Waals surface area contributed by atoms with E-state index in [-0.39, 0.29) is 11.9 Å². The van der Waals surface area contributed by atoms with Gasteiger partial charge in [-0.1, -0.05) is 24.6 Å². The smallest absolute Gasteiger partial charge is 0.124 e. The molecule has 1 aliphatic rings. The molecule has 2 N–H and O–H groups in total. The number of hydrogen-bond acceptors (Lipinski definition) is 2. The van der Waals surface area contributed by atoms with Gasteiger partial charge in [0.2, 0.25) is 0 Å². The van der Waals surface area contributed by atoms with Crippen LogP contribution in [0.4, 0.5) is 4.39 Å². The molecule has 1 heterocycles. The first-order valence-electron chi connectivity index (χ1n) is 6.93. The molecule has 0 amide bonds. The lowest BCUT2D eigenvalue weighted by molar-refractivity contribution is 0.0847. The Morgan fingerprint density at radius 1 is 1.47 bits per heavy atom. The van der Waals surface area contributed by atoms with E-state index in [1.807, 2.05) is 0 Å². The highest BCUT2D eigenvalue weighted by molar-refractivity contribution is 6.31. The highest BCUT2D eigenvalue weighted by Gasteiger charge is 2.30. The first kappa shape index (κ1) is 14.8. The number of halogens is 2. The van der Waals surface area contributed by atoms with Crippen LogP contribution in [0.5, 0.6) is 0 Å². The summed E-state index contributed by atoms with van der Waals surface area (Å²) in [6, 6.07) is 5.16. The summed E-state index contributed by atoms with van der Waals surface area (Å²) in [7, 11) is 0. The maximum absolute atomic E-state index is 13.2. The van der Waals surface area contributed by atoms with Crippen LogP contribution >= 0.6 is 11.6 Å². The zero-order valence-corrected chi connectivity index (χ0v) is 12.3. The third-order valence-electron chi connectivity index (χ3n) is 4.13. The molecule has 2 rings (SSSR count). The number of hydrogen-bond donors (Lipinski definition) is 1. The number of benzene rings is 1. The second-order valence-corrected chi connectivity index (χ2v) is 6.04. The summed E-state index contributed by atoms with van der Waals surface area (Å²) in [5.74, 6) is 0.457. The average molecular weight is 285 g/mol. The molecule has 2 nitrogen and oxygen atoms in total. The molecule has 3 unspecified atom stereocenters. The zero-order chi connectivity index (χ0) is 14.0.